The van der Waals surface area contributed by atoms with Gasteiger partial charge in [0.25, 0.3) is 0 Å². The van der Waals surface area contributed by atoms with E-state index in [1.54, 1.807) is 44.3 Å². The molecule has 0 aliphatic carbocycles. The van der Waals surface area contributed by atoms with Crippen molar-refractivity contribution in [2.24, 2.45) is 40.9 Å². The molecular formula is C53H77N13O9. The predicted molar refractivity (Wildman–Crippen MR) is 282 cm³/mol. The number of para-hydroxylation sites is 1. The Morgan fingerprint density at radius 3 is 1.87 bits per heavy atom. The summed E-state index contributed by atoms with van der Waals surface area (Å²) in [4.78, 5) is 131. The molecule has 0 unspecified atom stereocenters. The number of imidazole rings is 1. The third kappa shape index (κ3) is 20.0. The Balaban J connectivity index is 1.45. The number of rotatable bonds is 31. The zero-order chi connectivity index (χ0) is 55.4. The molecule has 15 N–H and O–H groups in total. The van der Waals surface area contributed by atoms with Crippen molar-refractivity contribution in [1.82, 2.24) is 52.2 Å². The zero-order valence-electron chi connectivity index (χ0n) is 44.0. The number of hydrogen-bond acceptors (Lipinski definition) is 11. The van der Waals surface area contributed by atoms with Crippen LogP contribution >= 0.6 is 0 Å². The van der Waals surface area contributed by atoms with Crippen LogP contribution in [0.1, 0.15) is 97.4 Å². The van der Waals surface area contributed by atoms with Crippen LogP contribution in [0.2, 0.25) is 0 Å². The number of carbonyl (C=O) groups is 9. The van der Waals surface area contributed by atoms with Gasteiger partial charge < -0.3 is 64.4 Å². The Labute approximate surface area is 437 Å². The largest absolute Gasteiger partial charge is 0.370 e. The van der Waals surface area contributed by atoms with E-state index in [0.29, 0.717) is 30.5 Å². The molecule has 0 saturated heterocycles. The Morgan fingerprint density at radius 2 is 1.24 bits per heavy atom. The fraction of sp³-hybridized carbons (Fsp3) is 0.509. The van der Waals surface area contributed by atoms with Gasteiger partial charge in [-0.2, -0.15) is 0 Å². The number of hydrogen-bond donors (Lipinski definition) is 12. The number of aromatic amines is 2. The number of primary amides is 2. The van der Waals surface area contributed by atoms with E-state index in [1.807, 2.05) is 58.0 Å². The molecular weight excluding hydrogens is 963 g/mol. The molecule has 22 nitrogen and oxygen atoms in total. The third-order valence-corrected chi connectivity index (χ3v) is 12.6. The van der Waals surface area contributed by atoms with Gasteiger partial charge >= 0.3 is 0 Å². The minimum atomic E-state index is -1.34. The molecule has 9 amide bonds. The lowest BCUT2D eigenvalue weighted by Gasteiger charge is -2.28. The topological polar surface area (TPSA) is 360 Å². The average molecular weight is 1040 g/mol. The molecule has 0 radical (unpaired) electrons. The highest BCUT2D eigenvalue weighted by Gasteiger charge is 2.33. The van der Waals surface area contributed by atoms with Crippen LogP contribution in [-0.4, -0.2) is 117 Å². The molecule has 2 heterocycles. The Kier molecular flexibility index (Phi) is 23.4. The first-order valence-corrected chi connectivity index (χ1v) is 25.5. The van der Waals surface area contributed by atoms with Crippen LogP contribution in [0.4, 0.5) is 0 Å². The molecule has 0 aliphatic heterocycles. The maximum absolute atomic E-state index is 14.2. The maximum Gasteiger partial charge on any atom is 0.243 e. The molecule has 0 fully saturated rings. The van der Waals surface area contributed by atoms with Gasteiger partial charge in [-0.25, -0.2) is 4.98 Å². The average Bonchev–Trinajstić information content (AvgIpc) is 4.02. The first-order chi connectivity index (χ1) is 35.5. The fourth-order valence-electron chi connectivity index (χ4n) is 8.66. The summed E-state index contributed by atoms with van der Waals surface area (Å²) < 4.78 is 0. The minimum Gasteiger partial charge on any atom is -0.370 e. The molecule has 2 aromatic heterocycles. The van der Waals surface area contributed by atoms with Gasteiger partial charge in [0.05, 0.1) is 18.9 Å². The summed E-state index contributed by atoms with van der Waals surface area (Å²) >= 11 is 0. The van der Waals surface area contributed by atoms with E-state index >= 15 is 0 Å². The Hall–Kier alpha value is -7.62. The van der Waals surface area contributed by atoms with E-state index in [4.69, 9.17) is 17.2 Å². The lowest BCUT2D eigenvalue weighted by atomic mass is 9.87. The highest BCUT2D eigenvalue weighted by atomic mass is 16.2. The van der Waals surface area contributed by atoms with Gasteiger partial charge in [-0.1, -0.05) is 90.1 Å². The summed E-state index contributed by atoms with van der Waals surface area (Å²) in [6, 6.07) is 8.58. The number of carbonyl (C=O) groups excluding carboxylic acids is 9. The Bertz CT molecular complexity index is 2550. The summed E-state index contributed by atoms with van der Waals surface area (Å²) in [5.41, 5.74) is 20.1. The number of aromatic nitrogens is 3. The fourth-order valence-corrected chi connectivity index (χ4v) is 8.66. The van der Waals surface area contributed by atoms with E-state index in [9.17, 15) is 43.2 Å². The smallest absolute Gasteiger partial charge is 0.243 e. The van der Waals surface area contributed by atoms with Crippen LogP contribution in [0, 0.1) is 23.7 Å². The van der Waals surface area contributed by atoms with Crippen molar-refractivity contribution < 1.29 is 43.2 Å². The van der Waals surface area contributed by atoms with Gasteiger partial charge in [0.1, 0.15) is 30.2 Å². The van der Waals surface area contributed by atoms with Crippen LogP contribution in [0.3, 0.4) is 0 Å². The lowest BCUT2D eigenvalue weighted by molar-refractivity contribution is -0.135. The molecule has 22 heteroatoms. The van der Waals surface area contributed by atoms with Crippen LogP contribution in [-0.2, 0) is 62.4 Å². The van der Waals surface area contributed by atoms with Crippen molar-refractivity contribution in [2.45, 2.75) is 142 Å². The number of fused-ring (bicyclic) bond motifs is 1. The number of H-pyrrole nitrogens is 2. The van der Waals surface area contributed by atoms with E-state index in [-0.39, 0.29) is 43.9 Å². The zero-order valence-corrected chi connectivity index (χ0v) is 44.0. The second-order valence-corrected chi connectivity index (χ2v) is 20.4. The highest BCUT2D eigenvalue weighted by Crippen LogP contribution is 2.22. The Morgan fingerprint density at radius 1 is 0.613 bits per heavy atom. The van der Waals surface area contributed by atoms with Crippen molar-refractivity contribution in [3.05, 3.63) is 90.1 Å². The molecule has 0 spiro atoms. The quantitative estimate of drug-likeness (QED) is 0.0334. The van der Waals surface area contributed by atoms with Crippen molar-refractivity contribution in [3.63, 3.8) is 0 Å². The molecule has 4 rings (SSSR count). The standard InChI is InChI=1S/C53H77N13O9/c1-29(2)19-34(47(56)69)22-36(20-30(3)4)62-52(74)43(24-37-26-57-28-60-37)63-45(68)27-59-53(75)46(31(5)6)66-48(70)32(7)61-51(73)42(23-35-25-58-40-16-12-11-15-38(35)40)65-50(72)41(17-18-44(55)67)64-49(71)39(54)21-33-13-9-8-10-14-33/h8-16,25-26,28-32,34,36,39,41-43,46,58H,17-24,27,54H2,1-7H3,(H2,55,67)(H2,56,69)(H,57,60)(H,59,75)(H,61,73)(H,62,74)(H,63,68)(H,64,71)(H,65,72)(H,66,70)/t32-,34+,36-,39+,41-,42-,43-,46-/m0/s1. The van der Waals surface area contributed by atoms with E-state index < -0.39 is 114 Å². The molecule has 8 atom stereocenters. The van der Waals surface area contributed by atoms with Crippen LogP contribution < -0.4 is 54.4 Å². The summed E-state index contributed by atoms with van der Waals surface area (Å²) in [6.45, 7) is 12.1. The second kappa shape index (κ2) is 29.3. The van der Waals surface area contributed by atoms with Crippen molar-refractivity contribution in [1.29, 1.82) is 0 Å². The normalized spacial score (nSPS) is 14.6. The summed E-state index contributed by atoms with van der Waals surface area (Å²) in [6.07, 6.45) is 5.68. The molecule has 408 valence electrons. The van der Waals surface area contributed by atoms with E-state index in [0.717, 1.165) is 16.5 Å². The van der Waals surface area contributed by atoms with E-state index in [1.165, 1.54) is 19.4 Å². The molecule has 0 saturated carbocycles. The van der Waals surface area contributed by atoms with E-state index in [2.05, 4.69) is 52.2 Å². The lowest BCUT2D eigenvalue weighted by Crippen LogP contribution is -2.59. The monoisotopic (exact) mass is 1040 g/mol. The maximum atomic E-state index is 14.2. The van der Waals surface area contributed by atoms with Gasteiger partial charge in [0.15, 0.2) is 0 Å². The second-order valence-electron chi connectivity index (χ2n) is 20.4. The van der Waals surface area contributed by atoms with Gasteiger partial charge in [-0.3, -0.25) is 43.2 Å². The predicted octanol–water partition coefficient (Wildman–Crippen LogP) is 0.796. The minimum absolute atomic E-state index is 0.0299. The number of amides is 9. The first kappa shape index (κ1) is 59.9. The van der Waals surface area contributed by atoms with Gasteiger partial charge in [0.2, 0.25) is 53.2 Å². The molecule has 4 aromatic rings. The molecule has 0 aliphatic rings. The number of nitrogens with one attached hydrogen (secondary N) is 9. The van der Waals surface area contributed by atoms with Crippen LogP contribution in [0.15, 0.2) is 73.3 Å². The number of nitrogens with two attached hydrogens (primary N) is 3. The first-order valence-electron chi connectivity index (χ1n) is 25.5. The van der Waals surface area contributed by atoms with Crippen molar-refractivity contribution in [2.75, 3.05) is 6.54 Å². The van der Waals surface area contributed by atoms with Crippen molar-refractivity contribution in [3.8, 4) is 0 Å². The van der Waals surface area contributed by atoms with Crippen molar-refractivity contribution >= 4 is 64.1 Å². The highest BCUT2D eigenvalue weighted by molar-refractivity contribution is 5.97. The third-order valence-electron chi connectivity index (χ3n) is 12.6. The van der Waals surface area contributed by atoms with Gasteiger partial charge in [-0.15, -0.1) is 0 Å². The molecule has 2 aromatic carbocycles. The number of nitrogens with zero attached hydrogens (tertiary/aromatic N) is 1. The van der Waals surface area contributed by atoms with Crippen LogP contribution in [0.5, 0.6) is 0 Å². The molecule has 75 heavy (non-hydrogen) atoms. The molecule has 0 bridgehead atoms. The number of benzene rings is 2. The summed E-state index contributed by atoms with van der Waals surface area (Å²) in [5.74, 6) is -6.80. The van der Waals surface area contributed by atoms with Gasteiger partial charge in [0, 0.05) is 60.2 Å². The van der Waals surface area contributed by atoms with Crippen LogP contribution in [0.25, 0.3) is 10.9 Å². The summed E-state index contributed by atoms with van der Waals surface area (Å²) in [5, 5.41) is 19.6. The SMILES string of the molecule is CC(C)C[C@@H](C[C@@H](CC(C)C)C(N)=O)NC(=O)[C@H](Cc1cnc[nH]1)NC(=O)CNC(=O)[C@@H](NC(=O)[C@H](C)NC(=O)[C@H](Cc1c[nH]c2ccccc12)NC(=O)[C@H](CCC(N)=O)NC(=O)[C@H](N)Cc1ccccc1)C(C)C. The van der Waals surface area contributed by atoms with Gasteiger partial charge in [-0.05, 0) is 74.0 Å². The summed E-state index contributed by atoms with van der Waals surface area (Å²) in [7, 11) is 0.